The molecule has 0 aromatic carbocycles. The predicted molar refractivity (Wildman–Crippen MR) is 79.9 cm³/mol. The first-order valence-corrected chi connectivity index (χ1v) is 7.41. The first-order chi connectivity index (χ1) is 10.8. The maximum absolute atomic E-state index is 8.87. The van der Waals surface area contributed by atoms with Crippen LogP contribution in [0.2, 0.25) is 0 Å². The van der Waals surface area contributed by atoms with Crippen LogP contribution in [0, 0.1) is 17.2 Å². The highest BCUT2D eigenvalue weighted by Crippen LogP contribution is 2.33. The molecule has 1 saturated heterocycles. The molecule has 114 valence electrons. The van der Waals surface area contributed by atoms with Gasteiger partial charge >= 0.3 is 0 Å². The average molecular weight is 298 g/mol. The second-order valence-electron chi connectivity index (χ2n) is 5.17. The molecule has 0 radical (unpaired) electrons. The van der Waals surface area contributed by atoms with Gasteiger partial charge in [0.15, 0.2) is 0 Å². The van der Waals surface area contributed by atoms with E-state index in [1.807, 2.05) is 18.5 Å². The molecule has 2 aromatic rings. The normalized spacial score (nSPS) is 20.7. The predicted octanol–water partition coefficient (Wildman–Crippen LogP) is 1.75. The summed E-state index contributed by atoms with van der Waals surface area (Å²) in [6.07, 6.45) is 6.32. The van der Waals surface area contributed by atoms with E-state index in [0.29, 0.717) is 24.1 Å². The molecule has 0 spiro atoms. The van der Waals surface area contributed by atoms with Crippen molar-refractivity contribution in [1.29, 1.82) is 5.26 Å². The number of ether oxygens (including phenoxy) is 1. The Kier molecular flexibility index (Phi) is 4.30. The van der Waals surface area contributed by atoms with E-state index < -0.39 is 0 Å². The van der Waals surface area contributed by atoms with Crippen molar-refractivity contribution in [3.05, 3.63) is 36.2 Å². The molecule has 3 heterocycles. The van der Waals surface area contributed by atoms with Crippen LogP contribution in [0.1, 0.15) is 31.0 Å². The van der Waals surface area contributed by atoms with Crippen LogP contribution in [0.25, 0.3) is 0 Å². The minimum Gasteiger partial charge on any atom is -0.370 e. The smallest absolute Gasteiger partial charge is 0.223 e. The van der Waals surface area contributed by atoms with Crippen molar-refractivity contribution in [2.45, 2.75) is 26.0 Å². The second-order valence-corrected chi connectivity index (χ2v) is 5.17. The van der Waals surface area contributed by atoms with E-state index in [1.54, 1.807) is 12.3 Å². The molecule has 0 saturated carbocycles. The number of hydrogen-bond acceptors (Lipinski definition) is 6. The summed E-state index contributed by atoms with van der Waals surface area (Å²) >= 11 is 0. The quantitative estimate of drug-likeness (QED) is 0.904. The van der Waals surface area contributed by atoms with Crippen molar-refractivity contribution in [1.82, 2.24) is 19.5 Å². The number of hydrogen-bond donors (Lipinski definition) is 1. The Balaban J connectivity index is 1.68. The Bertz CT molecular complexity index is 677. The Morgan fingerprint density at radius 1 is 1.45 bits per heavy atom. The molecule has 1 N–H and O–H groups in total. The third-order valence-electron chi connectivity index (χ3n) is 3.85. The molecule has 1 aliphatic heterocycles. The summed E-state index contributed by atoms with van der Waals surface area (Å²) in [4.78, 5) is 12.7. The molecular formula is C15H18N6O. The highest BCUT2D eigenvalue weighted by Gasteiger charge is 2.32. The summed E-state index contributed by atoms with van der Waals surface area (Å²) in [5, 5.41) is 12.1. The molecule has 0 amide bonds. The third-order valence-corrected chi connectivity index (χ3v) is 3.85. The summed E-state index contributed by atoms with van der Waals surface area (Å²) in [6.45, 7) is 4.39. The SMILES string of the molecule is CCn1ccnc1[C@@H]1OCC[C@H]1CNc1nccc(C#N)n1. The van der Waals surface area contributed by atoms with Gasteiger partial charge in [0.2, 0.25) is 5.95 Å². The number of rotatable bonds is 5. The van der Waals surface area contributed by atoms with E-state index in [2.05, 4.69) is 31.8 Å². The van der Waals surface area contributed by atoms with Gasteiger partial charge in [-0.05, 0) is 19.4 Å². The number of nitrogens with zero attached hydrogens (tertiary/aromatic N) is 5. The maximum atomic E-state index is 8.87. The Morgan fingerprint density at radius 2 is 2.36 bits per heavy atom. The van der Waals surface area contributed by atoms with E-state index in [9.17, 15) is 0 Å². The molecule has 2 aromatic heterocycles. The van der Waals surface area contributed by atoms with Crippen LogP contribution >= 0.6 is 0 Å². The monoisotopic (exact) mass is 298 g/mol. The van der Waals surface area contributed by atoms with Gasteiger partial charge < -0.3 is 14.6 Å². The lowest BCUT2D eigenvalue weighted by Gasteiger charge is -2.19. The standard InChI is InChI=1S/C15H18N6O/c1-2-21-7-6-17-14(21)13-11(4-8-22-13)10-19-15-18-5-3-12(9-16)20-15/h3,5-7,11,13H,2,4,8,10H2,1H3,(H,18,19,20)/t11-,13+/m0/s1. The summed E-state index contributed by atoms with van der Waals surface area (Å²) < 4.78 is 7.98. The number of nitriles is 1. The van der Waals surface area contributed by atoms with Gasteiger partial charge in [0.25, 0.3) is 0 Å². The zero-order valence-electron chi connectivity index (χ0n) is 12.4. The van der Waals surface area contributed by atoms with Crippen LogP contribution in [0.4, 0.5) is 5.95 Å². The van der Waals surface area contributed by atoms with E-state index in [0.717, 1.165) is 25.4 Å². The summed E-state index contributed by atoms with van der Waals surface area (Å²) in [5.74, 6) is 1.75. The molecule has 22 heavy (non-hydrogen) atoms. The molecule has 1 aliphatic rings. The number of anilines is 1. The van der Waals surface area contributed by atoms with Gasteiger partial charge in [0, 0.05) is 44.2 Å². The van der Waals surface area contributed by atoms with Gasteiger partial charge in [-0.15, -0.1) is 0 Å². The number of aromatic nitrogens is 4. The fourth-order valence-electron chi connectivity index (χ4n) is 2.70. The van der Waals surface area contributed by atoms with Crippen LogP contribution in [-0.2, 0) is 11.3 Å². The van der Waals surface area contributed by atoms with Crippen LogP contribution in [-0.4, -0.2) is 32.7 Å². The molecule has 3 rings (SSSR count). The van der Waals surface area contributed by atoms with Crippen molar-refractivity contribution in [2.75, 3.05) is 18.5 Å². The average Bonchev–Trinajstić information content (AvgIpc) is 3.21. The first-order valence-electron chi connectivity index (χ1n) is 7.41. The zero-order chi connectivity index (χ0) is 15.4. The fraction of sp³-hybridized carbons (Fsp3) is 0.467. The van der Waals surface area contributed by atoms with Gasteiger partial charge in [-0.25, -0.2) is 15.0 Å². The fourth-order valence-corrected chi connectivity index (χ4v) is 2.70. The molecule has 2 atom stereocenters. The highest BCUT2D eigenvalue weighted by atomic mass is 16.5. The lowest BCUT2D eigenvalue weighted by atomic mass is 10.0. The van der Waals surface area contributed by atoms with Crippen molar-refractivity contribution in [3.63, 3.8) is 0 Å². The van der Waals surface area contributed by atoms with Crippen LogP contribution in [0.3, 0.4) is 0 Å². The van der Waals surface area contributed by atoms with E-state index in [1.165, 1.54) is 0 Å². The van der Waals surface area contributed by atoms with Gasteiger partial charge in [-0.3, -0.25) is 0 Å². The van der Waals surface area contributed by atoms with Gasteiger partial charge in [0.1, 0.15) is 23.7 Å². The highest BCUT2D eigenvalue weighted by molar-refractivity contribution is 5.30. The molecular weight excluding hydrogens is 280 g/mol. The van der Waals surface area contributed by atoms with Crippen molar-refractivity contribution < 1.29 is 4.74 Å². The van der Waals surface area contributed by atoms with Crippen molar-refractivity contribution in [3.8, 4) is 6.07 Å². The third kappa shape index (κ3) is 2.92. The van der Waals surface area contributed by atoms with Crippen molar-refractivity contribution in [2.24, 2.45) is 5.92 Å². The number of aryl methyl sites for hydroxylation is 1. The van der Waals surface area contributed by atoms with E-state index in [4.69, 9.17) is 10.00 Å². The summed E-state index contributed by atoms with van der Waals surface area (Å²) in [5.41, 5.74) is 0.359. The maximum Gasteiger partial charge on any atom is 0.223 e. The number of nitrogens with one attached hydrogen (secondary N) is 1. The van der Waals surface area contributed by atoms with Crippen molar-refractivity contribution >= 4 is 5.95 Å². The van der Waals surface area contributed by atoms with E-state index >= 15 is 0 Å². The van der Waals surface area contributed by atoms with Crippen LogP contribution in [0.5, 0.6) is 0 Å². The van der Waals surface area contributed by atoms with E-state index in [-0.39, 0.29) is 6.10 Å². The Hall–Kier alpha value is -2.46. The molecule has 0 unspecified atom stereocenters. The second kappa shape index (κ2) is 6.54. The Labute approximate surface area is 129 Å². The Morgan fingerprint density at radius 3 is 3.18 bits per heavy atom. The van der Waals surface area contributed by atoms with Gasteiger partial charge in [-0.1, -0.05) is 0 Å². The lowest BCUT2D eigenvalue weighted by molar-refractivity contribution is 0.0832. The molecule has 7 nitrogen and oxygen atoms in total. The molecule has 7 heteroatoms. The van der Waals surface area contributed by atoms with Gasteiger partial charge in [0.05, 0.1) is 0 Å². The number of imidazole rings is 1. The minimum absolute atomic E-state index is 0.0124. The molecule has 0 bridgehead atoms. The minimum atomic E-state index is -0.0124. The molecule has 0 aliphatic carbocycles. The first kappa shape index (κ1) is 14.5. The largest absolute Gasteiger partial charge is 0.370 e. The van der Waals surface area contributed by atoms with Crippen LogP contribution < -0.4 is 5.32 Å². The zero-order valence-corrected chi connectivity index (χ0v) is 12.4. The van der Waals surface area contributed by atoms with Gasteiger partial charge in [-0.2, -0.15) is 5.26 Å². The summed E-state index contributed by atoms with van der Waals surface area (Å²) in [6, 6.07) is 3.60. The van der Waals surface area contributed by atoms with Crippen LogP contribution in [0.15, 0.2) is 24.7 Å². The topological polar surface area (TPSA) is 88.6 Å². The lowest BCUT2D eigenvalue weighted by Crippen LogP contribution is -2.21. The summed E-state index contributed by atoms with van der Waals surface area (Å²) in [7, 11) is 0. The molecule has 1 fully saturated rings.